The predicted molar refractivity (Wildman–Crippen MR) is 82.8 cm³/mol. The summed E-state index contributed by atoms with van der Waals surface area (Å²) < 4.78 is 76.8. The van der Waals surface area contributed by atoms with E-state index < -0.39 is 21.4 Å². The van der Waals surface area contributed by atoms with Crippen molar-refractivity contribution in [2.24, 2.45) is 0 Å². The Bertz CT molecular complexity index is 990. The van der Waals surface area contributed by atoms with Crippen molar-refractivity contribution in [2.45, 2.75) is 5.51 Å². The summed E-state index contributed by atoms with van der Waals surface area (Å²) >= 11 is 1.21. The molecule has 0 saturated heterocycles. The van der Waals surface area contributed by atoms with E-state index >= 15 is 0 Å². The number of halogens is 4. The molecule has 1 aromatic heterocycles. The number of thiophene rings is 1. The molecule has 0 radical (unpaired) electrons. The second-order valence-corrected chi connectivity index (χ2v) is 7.25. The van der Waals surface area contributed by atoms with E-state index in [1.165, 1.54) is 35.6 Å². The van der Waals surface area contributed by atoms with Crippen LogP contribution in [0.5, 0.6) is 5.75 Å². The maximum Gasteiger partial charge on any atom is 0.534 e. The van der Waals surface area contributed by atoms with Crippen molar-refractivity contribution in [1.29, 1.82) is 0 Å². The Hall–Kier alpha value is -2.13. The van der Waals surface area contributed by atoms with Gasteiger partial charge in [-0.3, -0.25) is 0 Å². The summed E-state index contributed by atoms with van der Waals surface area (Å²) in [6, 6.07) is 9.58. The van der Waals surface area contributed by atoms with Crippen molar-refractivity contribution in [3.63, 3.8) is 0 Å². The van der Waals surface area contributed by atoms with Crippen LogP contribution >= 0.6 is 11.3 Å². The van der Waals surface area contributed by atoms with Crippen LogP contribution in [0.15, 0.2) is 47.8 Å². The Morgan fingerprint density at radius 2 is 1.67 bits per heavy atom. The summed E-state index contributed by atoms with van der Waals surface area (Å²) in [5, 5.41) is 2.45. The quantitative estimate of drug-likeness (QED) is 0.370. The van der Waals surface area contributed by atoms with Crippen LogP contribution in [0.1, 0.15) is 0 Å². The molecule has 0 aliphatic heterocycles. The van der Waals surface area contributed by atoms with Gasteiger partial charge in [-0.25, -0.2) is 4.39 Å². The highest BCUT2D eigenvalue weighted by Crippen LogP contribution is 2.37. The molecular formula is C15H8F4O3S2. The number of rotatable bonds is 3. The van der Waals surface area contributed by atoms with Crippen LogP contribution in [0.2, 0.25) is 0 Å². The van der Waals surface area contributed by atoms with Crippen LogP contribution in [0, 0.1) is 5.82 Å². The Kier molecular flexibility index (Phi) is 4.00. The van der Waals surface area contributed by atoms with E-state index in [9.17, 15) is 26.0 Å². The molecule has 0 aliphatic rings. The van der Waals surface area contributed by atoms with Crippen molar-refractivity contribution >= 4 is 31.5 Å². The third-order valence-electron chi connectivity index (χ3n) is 3.19. The second kappa shape index (κ2) is 5.75. The topological polar surface area (TPSA) is 43.4 Å². The van der Waals surface area contributed by atoms with E-state index in [2.05, 4.69) is 4.18 Å². The van der Waals surface area contributed by atoms with Gasteiger partial charge in [0, 0.05) is 15.6 Å². The molecule has 0 unspecified atom stereocenters. The monoisotopic (exact) mass is 376 g/mol. The fourth-order valence-corrected chi connectivity index (χ4v) is 3.54. The smallest absolute Gasteiger partial charge is 0.376 e. The van der Waals surface area contributed by atoms with Gasteiger partial charge in [0.1, 0.15) is 11.6 Å². The van der Waals surface area contributed by atoms with Gasteiger partial charge in [-0.05, 0) is 41.3 Å². The van der Waals surface area contributed by atoms with Crippen LogP contribution in [-0.2, 0) is 10.1 Å². The van der Waals surface area contributed by atoms with E-state index in [1.807, 2.05) is 0 Å². The molecule has 0 aliphatic carbocycles. The first-order valence-electron chi connectivity index (χ1n) is 6.45. The fraction of sp³-hybridized carbons (Fsp3) is 0.0667. The maximum atomic E-state index is 13.0. The zero-order valence-electron chi connectivity index (χ0n) is 11.7. The summed E-state index contributed by atoms with van der Waals surface area (Å²) in [6.45, 7) is 0. The lowest BCUT2D eigenvalue weighted by Crippen LogP contribution is -2.27. The minimum Gasteiger partial charge on any atom is -0.376 e. The Labute approximate surface area is 138 Å². The number of fused-ring (bicyclic) bond motifs is 1. The molecule has 0 saturated carbocycles. The molecule has 1 heterocycles. The molecule has 0 bridgehead atoms. The highest BCUT2D eigenvalue weighted by molar-refractivity contribution is 7.88. The van der Waals surface area contributed by atoms with Crippen molar-refractivity contribution in [3.05, 3.63) is 53.7 Å². The lowest BCUT2D eigenvalue weighted by atomic mass is 10.0. The predicted octanol–water partition coefficient (Wildman–Crippen LogP) is 4.94. The molecule has 0 amide bonds. The maximum absolute atomic E-state index is 13.0. The first-order valence-corrected chi connectivity index (χ1v) is 8.74. The third-order valence-corrected chi connectivity index (χ3v) is 5.12. The molecule has 2 aromatic carbocycles. The fourth-order valence-electron chi connectivity index (χ4n) is 2.09. The van der Waals surface area contributed by atoms with Gasteiger partial charge < -0.3 is 4.18 Å². The molecule has 0 fully saturated rings. The lowest BCUT2D eigenvalue weighted by Gasteiger charge is -2.09. The first kappa shape index (κ1) is 16.7. The van der Waals surface area contributed by atoms with Gasteiger partial charge in [0.2, 0.25) is 0 Å². The number of benzene rings is 2. The molecule has 3 aromatic rings. The molecule has 3 rings (SSSR count). The van der Waals surface area contributed by atoms with Gasteiger partial charge in [0.15, 0.2) is 0 Å². The Balaban J connectivity index is 1.98. The van der Waals surface area contributed by atoms with Crippen molar-refractivity contribution in [3.8, 4) is 16.9 Å². The van der Waals surface area contributed by atoms with Crippen LogP contribution in [0.3, 0.4) is 0 Å². The van der Waals surface area contributed by atoms with Gasteiger partial charge in [-0.2, -0.15) is 21.6 Å². The molecule has 3 nitrogen and oxygen atoms in total. The Morgan fingerprint density at radius 1 is 1.00 bits per heavy atom. The molecule has 0 atom stereocenters. The first-order chi connectivity index (χ1) is 11.2. The van der Waals surface area contributed by atoms with Gasteiger partial charge >= 0.3 is 15.6 Å². The molecule has 126 valence electrons. The van der Waals surface area contributed by atoms with Gasteiger partial charge in [-0.15, -0.1) is 11.3 Å². The van der Waals surface area contributed by atoms with E-state index in [0.717, 1.165) is 17.2 Å². The molecule has 24 heavy (non-hydrogen) atoms. The third kappa shape index (κ3) is 3.09. The van der Waals surface area contributed by atoms with E-state index in [1.54, 1.807) is 17.5 Å². The van der Waals surface area contributed by atoms with Crippen LogP contribution < -0.4 is 4.18 Å². The standard InChI is InChI=1S/C15H8F4O3S2/c16-10-3-1-9(2-4-10)13-8-23-14-7-11(5-6-12(13)14)22-24(20,21)15(17,18)19/h1-8H. The average Bonchev–Trinajstić information content (AvgIpc) is 2.89. The minimum atomic E-state index is -5.71. The number of alkyl halides is 3. The van der Waals surface area contributed by atoms with Gasteiger partial charge in [-0.1, -0.05) is 12.1 Å². The lowest BCUT2D eigenvalue weighted by molar-refractivity contribution is -0.0500. The summed E-state index contributed by atoms with van der Waals surface area (Å²) in [5.41, 5.74) is -3.99. The van der Waals surface area contributed by atoms with Crippen LogP contribution in [0.4, 0.5) is 17.6 Å². The molecule has 0 spiro atoms. The molecular weight excluding hydrogens is 368 g/mol. The van der Waals surface area contributed by atoms with E-state index in [0.29, 0.717) is 10.1 Å². The van der Waals surface area contributed by atoms with Crippen LogP contribution in [0.25, 0.3) is 21.2 Å². The molecule has 9 heteroatoms. The molecule has 0 N–H and O–H groups in total. The number of hydrogen-bond donors (Lipinski definition) is 0. The summed E-state index contributed by atoms with van der Waals surface area (Å²) in [5.74, 6) is -0.807. The van der Waals surface area contributed by atoms with Crippen LogP contribution in [-0.4, -0.2) is 13.9 Å². The average molecular weight is 376 g/mol. The van der Waals surface area contributed by atoms with Gasteiger partial charge in [0.05, 0.1) is 0 Å². The largest absolute Gasteiger partial charge is 0.534 e. The number of hydrogen-bond acceptors (Lipinski definition) is 4. The highest BCUT2D eigenvalue weighted by atomic mass is 32.2. The van der Waals surface area contributed by atoms with Crippen molar-refractivity contribution in [1.82, 2.24) is 0 Å². The van der Waals surface area contributed by atoms with Gasteiger partial charge in [0.25, 0.3) is 0 Å². The highest BCUT2D eigenvalue weighted by Gasteiger charge is 2.48. The SMILES string of the molecule is O=S(=O)(Oc1ccc2c(-c3ccc(F)cc3)csc2c1)C(F)(F)F. The van der Waals surface area contributed by atoms with Crippen molar-refractivity contribution in [2.75, 3.05) is 0 Å². The van der Waals surface area contributed by atoms with Crippen molar-refractivity contribution < 1.29 is 30.2 Å². The van der Waals surface area contributed by atoms with E-state index in [4.69, 9.17) is 0 Å². The minimum absolute atomic E-state index is 0.383. The zero-order valence-corrected chi connectivity index (χ0v) is 13.3. The zero-order chi connectivity index (χ0) is 17.5. The summed E-state index contributed by atoms with van der Waals surface area (Å²) in [6.07, 6.45) is 0. The summed E-state index contributed by atoms with van der Waals surface area (Å²) in [7, 11) is -5.71. The normalized spacial score (nSPS) is 12.5. The Morgan fingerprint density at radius 3 is 2.29 bits per heavy atom. The summed E-state index contributed by atoms with van der Waals surface area (Å²) in [4.78, 5) is 0. The second-order valence-electron chi connectivity index (χ2n) is 4.80. The van der Waals surface area contributed by atoms with E-state index in [-0.39, 0.29) is 5.82 Å².